The minimum atomic E-state index is -4.05. The predicted octanol–water partition coefficient (Wildman–Crippen LogP) is 7.78. The smallest absolute Gasteiger partial charge is 0.378 e. The van der Waals surface area contributed by atoms with E-state index in [1.807, 2.05) is 21.1 Å². The van der Waals surface area contributed by atoms with Crippen LogP contribution in [0.1, 0.15) is 103 Å². The molecule has 1 N–H and O–H groups in total. The molecule has 6 nitrogen and oxygen atoms in total. The largest absolute Gasteiger partial charge is 0.472 e. The molecule has 0 rings (SSSR count). The van der Waals surface area contributed by atoms with Crippen molar-refractivity contribution < 1.29 is 32.1 Å². The summed E-state index contributed by atoms with van der Waals surface area (Å²) < 4.78 is 42.2. The topological polar surface area (TPSA) is 65.0 Å². The summed E-state index contributed by atoms with van der Waals surface area (Å²) in [5, 5.41) is 0. The predicted molar refractivity (Wildman–Crippen MR) is 153 cm³/mol. The molecule has 0 radical (unpaired) electrons. The Morgan fingerprint density at radius 1 is 0.861 bits per heavy atom. The summed E-state index contributed by atoms with van der Waals surface area (Å²) in [5.41, 5.74) is 0. The van der Waals surface area contributed by atoms with Gasteiger partial charge in [-0.2, -0.15) is 11.8 Å². The zero-order valence-corrected chi connectivity index (χ0v) is 25.8. The number of ether oxygens (including phenoxy) is 1. The summed E-state index contributed by atoms with van der Waals surface area (Å²) in [6.07, 6.45) is 16.2. The van der Waals surface area contributed by atoms with Gasteiger partial charge in [-0.05, 0) is 25.0 Å². The molecule has 218 valence electrons. The van der Waals surface area contributed by atoms with Crippen LogP contribution < -0.4 is 0 Å². The Balaban J connectivity index is 3.59. The first-order valence-corrected chi connectivity index (χ1v) is 16.9. The fourth-order valence-electron chi connectivity index (χ4n) is 3.79. The van der Waals surface area contributed by atoms with Crippen molar-refractivity contribution >= 4 is 19.6 Å². The van der Waals surface area contributed by atoms with Crippen LogP contribution in [0, 0.1) is 0 Å². The summed E-state index contributed by atoms with van der Waals surface area (Å²) in [5.74, 6) is 1.72. The lowest BCUT2D eigenvalue weighted by Crippen LogP contribution is -2.37. The van der Waals surface area contributed by atoms with Crippen molar-refractivity contribution in [3.05, 3.63) is 0 Å². The Labute approximate surface area is 226 Å². The SMILES string of the molecule is CCCCCCCCCCC(F)CCCCCCCSCC(COP(=O)(O)OCC[N+](C)(C)C)OC. The standard InChI is InChI=1S/C27H57FNO5PS/c1-6-7-8-9-10-11-13-16-19-26(28)20-17-14-12-15-18-23-36-25-27(32-5)24-34-35(30,31)33-22-21-29(2,3)4/h26-27H,6-25H2,1-5H3/p+1. The van der Waals surface area contributed by atoms with Gasteiger partial charge in [0.1, 0.15) is 19.3 Å². The van der Waals surface area contributed by atoms with Gasteiger partial charge in [-0.25, -0.2) is 8.96 Å². The van der Waals surface area contributed by atoms with Crippen LogP contribution in [0.25, 0.3) is 0 Å². The number of phosphoric ester groups is 1. The summed E-state index contributed by atoms with van der Waals surface area (Å²) in [6, 6.07) is 0. The van der Waals surface area contributed by atoms with E-state index in [0.29, 0.717) is 23.2 Å². The highest BCUT2D eigenvalue weighted by atomic mass is 32.2. The number of quaternary nitrogens is 1. The van der Waals surface area contributed by atoms with Crippen molar-refractivity contribution in [2.45, 2.75) is 116 Å². The minimum Gasteiger partial charge on any atom is -0.378 e. The Hall–Kier alpha value is 0.310. The van der Waals surface area contributed by atoms with E-state index in [1.54, 1.807) is 18.9 Å². The monoisotopic (exact) mass is 558 g/mol. The molecule has 36 heavy (non-hydrogen) atoms. The van der Waals surface area contributed by atoms with Crippen LogP contribution in [0.3, 0.4) is 0 Å². The number of hydrogen-bond acceptors (Lipinski definition) is 5. The van der Waals surface area contributed by atoms with Gasteiger partial charge in [0.15, 0.2) is 0 Å². The first-order valence-electron chi connectivity index (χ1n) is 14.3. The molecular weight excluding hydrogens is 500 g/mol. The third-order valence-electron chi connectivity index (χ3n) is 6.25. The Morgan fingerprint density at radius 3 is 1.92 bits per heavy atom. The molecule has 0 aromatic rings. The quantitative estimate of drug-likeness (QED) is 0.0631. The number of nitrogens with zero attached hydrogens (tertiary/aromatic N) is 1. The first-order chi connectivity index (χ1) is 17.1. The maximum Gasteiger partial charge on any atom is 0.472 e. The Bertz CT molecular complexity index is 539. The van der Waals surface area contributed by atoms with Gasteiger partial charge in [-0.3, -0.25) is 9.05 Å². The van der Waals surface area contributed by atoms with Crippen molar-refractivity contribution in [3.63, 3.8) is 0 Å². The fraction of sp³-hybridized carbons (Fsp3) is 1.00. The molecule has 0 aliphatic carbocycles. The maximum atomic E-state index is 14.0. The number of rotatable bonds is 27. The van der Waals surface area contributed by atoms with E-state index in [2.05, 4.69) is 6.92 Å². The average molecular weight is 559 g/mol. The molecular formula is C27H58FNO5PS+. The van der Waals surface area contributed by atoms with E-state index in [1.165, 1.54) is 44.9 Å². The summed E-state index contributed by atoms with van der Waals surface area (Å²) >= 11 is 1.77. The number of likely N-dealkylation sites (N-methyl/N-ethyl adjacent to an activating group) is 1. The molecule has 0 heterocycles. The number of thioether (sulfide) groups is 1. The van der Waals surface area contributed by atoms with Gasteiger partial charge in [-0.15, -0.1) is 0 Å². The van der Waals surface area contributed by atoms with Gasteiger partial charge < -0.3 is 14.1 Å². The number of unbranched alkanes of at least 4 members (excludes halogenated alkanes) is 11. The van der Waals surface area contributed by atoms with Crippen molar-refractivity contribution in [1.29, 1.82) is 0 Å². The summed E-state index contributed by atoms with van der Waals surface area (Å²) in [6.45, 7) is 3.05. The summed E-state index contributed by atoms with van der Waals surface area (Å²) in [4.78, 5) is 9.82. The number of alkyl halides is 1. The van der Waals surface area contributed by atoms with E-state index in [4.69, 9.17) is 13.8 Å². The van der Waals surface area contributed by atoms with E-state index in [-0.39, 0.29) is 19.3 Å². The molecule has 3 atom stereocenters. The lowest BCUT2D eigenvalue weighted by atomic mass is 10.0. The van der Waals surface area contributed by atoms with Crippen LogP contribution in [0.4, 0.5) is 4.39 Å². The van der Waals surface area contributed by atoms with Gasteiger partial charge in [0.25, 0.3) is 0 Å². The lowest BCUT2D eigenvalue weighted by molar-refractivity contribution is -0.870. The number of hydrogen-bond donors (Lipinski definition) is 1. The maximum absolute atomic E-state index is 14.0. The minimum absolute atomic E-state index is 0.0327. The van der Waals surface area contributed by atoms with E-state index >= 15 is 0 Å². The molecule has 0 aliphatic rings. The Kier molecular flexibility index (Phi) is 23.4. The van der Waals surface area contributed by atoms with Gasteiger partial charge in [0.2, 0.25) is 0 Å². The van der Waals surface area contributed by atoms with Crippen LogP contribution in [-0.4, -0.2) is 81.2 Å². The molecule has 0 aliphatic heterocycles. The van der Waals surface area contributed by atoms with Crippen LogP contribution in [-0.2, 0) is 18.3 Å². The highest BCUT2D eigenvalue weighted by Gasteiger charge is 2.24. The molecule has 9 heteroatoms. The molecule has 0 spiro atoms. The van der Waals surface area contributed by atoms with E-state index in [0.717, 1.165) is 50.7 Å². The lowest BCUT2D eigenvalue weighted by Gasteiger charge is -2.24. The molecule has 0 saturated heterocycles. The van der Waals surface area contributed by atoms with Crippen molar-refractivity contribution in [3.8, 4) is 0 Å². The molecule has 0 aromatic carbocycles. The van der Waals surface area contributed by atoms with Gasteiger partial charge in [0.05, 0.1) is 33.9 Å². The molecule has 0 saturated carbocycles. The molecule has 0 bridgehead atoms. The Morgan fingerprint density at radius 2 is 1.39 bits per heavy atom. The fourth-order valence-corrected chi connectivity index (χ4v) is 5.60. The van der Waals surface area contributed by atoms with Crippen LogP contribution in [0.5, 0.6) is 0 Å². The van der Waals surface area contributed by atoms with Crippen LogP contribution >= 0.6 is 19.6 Å². The average Bonchev–Trinajstić information content (AvgIpc) is 2.80. The van der Waals surface area contributed by atoms with Gasteiger partial charge in [-0.1, -0.05) is 84.0 Å². The first kappa shape index (κ1) is 36.3. The zero-order chi connectivity index (χ0) is 27.1. The highest BCUT2D eigenvalue weighted by molar-refractivity contribution is 7.99. The summed E-state index contributed by atoms with van der Waals surface area (Å²) in [7, 11) is 3.50. The van der Waals surface area contributed by atoms with Crippen molar-refractivity contribution in [1.82, 2.24) is 0 Å². The normalized spacial score (nSPS) is 15.6. The molecule has 0 amide bonds. The van der Waals surface area contributed by atoms with E-state index in [9.17, 15) is 13.8 Å². The molecule has 0 fully saturated rings. The van der Waals surface area contributed by atoms with Crippen LogP contribution in [0.15, 0.2) is 0 Å². The molecule has 0 aromatic heterocycles. The third-order valence-corrected chi connectivity index (χ3v) is 8.42. The van der Waals surface area contributed by atoms with Crippen molar-refractivity contribution in [2.24, 2.45) is 0 Å². The van der Waals surface area contributed by atoms with Gasteiger partial charge in [0, 0.05) is 12.9 Å². The van der Waals surface area contributed by atoms with Gasteiger partial charge >= 0.3 is 7.82 Å². The second kappa shape index (κ2) is 23.2. The second-order valence-corrected chi connectivity index (χ2v) is 13.6. The van der Waals surface area contributed by atoms with E-state index < -0.39 is 14.0 Å². The third kappa shape index (κ3) is 25.9. The highest BCUT2D eigenvalue weighted by Crippen LogP contribution is 2.43. The zero-order valence-electron chi connectivity index (χ0n) is 24.1. The van der Waals surface area contributed by atoms with Crippen LogP contribution in [0.2, 0.25) is 0 Å². The molecule has 3 unspecified atom stereocenters. The number of methoxy groups -OCH3 is 1. The number of phosphoric acid groups is 1. The number of halogens is 1. The van der Waals surface area contributed by atoms with Crippen molar-refractivity contribution in [2.75, 3.05) is 59.5 Å². The second-order valence-electron chi connectivity index (χ2n) is 11.0.